The lowest BCUT2D eigenvalue weighted by molar-refractivity contribution is 0.122. The lowest BCUT2D eigenvalue weighted by atomic mass is 10.2. The zero-order chi connectivity index (χ0) is 14.5. The predicted octanol–water partition coefficient (Wildman–Crippen LogP) is 3.90. The number of benzene rings is 2. The van der Waals surface area contributed by atoms with Gasteiger partial charge >= 0.3 is 0 Å². The summed E-state index contributed by atoms with van der Waals surface area (Å²) in [7, 11) is 0. The second-order valence-electron chi connectivity index (χ2n) is 5.10. The quantitative estimate of drug-likeness (QED) is 0.908. The number of anilines is 2. The molecule has 0 radical (unpaired) electrons. The minimum atomic E-state index is 0.825. The molecule has 3 nitrogen and oxygen atoms in total. The molecule has 1 saturated heterocycles. The van der Waals surface area contributed by atoms with E-state index in [0.717, 1.165) is 43.0 Å². The summed E-state index contributed by atoms with van der Waals surface area (Å²) in [5, 5.41) is 3.45. The van der Waals surface area contributed by atoms with Gasteiger partial charge in [0.2, 0.25) is 0 Å². The van der Waals surface area contributed by atoms with Crippen LogP contribution in [0, 0.1) is 0 Å². The van der Waals surface area contributed by atoms with Gasteiger partial charge in [-0.1, -0.05) is 24.3 Å². The predicted molar refractivity (Wildman–Crippen MR) is 90.9 cm³/mol. The first-order chi connectivity index (χ1) is 10.3. The van der Waals surface area contributed by atoms with Crippen LogP contribution in [-0.4, -0.2) is 26.3 Å². The normalized spacial score (nSPS) is 15.0. The van der Waals surface area contributed by atoms with Crippen molar-refractivity contribution in [1.82, 2.24) is 0 Å². The highest BCUT2D eigenvalue weighted by Gasteiger charge is 2.10. The van der Waals surface area contributed by atoms with Crippen molar-refractivity contribution in [1.29, 1.82) is 0 Å². The fourth-order valence-corrected chi connectivity index (χ4v) is 2.87. The SMILES string of the molecule is Brc1ccccc1NCc1ccc(N2CCOCC2)cc1. The molecule has 0 saturated carbocycles. The minimum Gasteiger partial charge on any atom is -0.380 e. The van der Waals surface area contributed by atoms with Crippen LogP contribution in [0.4, 0.5) is 11.4 Å². The van der Waals surface area contributed by atoms with Gasteiger partial charge in [0.25, 0.3) is 0 Å². The summed E-state index contributed by atoms with van der Waals surface area (Å²) in [6.07, 6.45) is 0. The molecule has 1 N–H and O–H groups in total. The monoisotopic (exact) mass is 346 g/mol. The fraction of sp³-hybridized carbons (Fsp3) is 0.294. The molecule has 1 aliphatic heterocycles. The maximum atomic E-state index is 5.39. The van der Waals surface area contributed by atoms with E-state index in [1.54, 1.807) is 0 Å². The van der Waals surface area contributed by atoms with Gasteiger partial charge in [-0.25, -0.2) is 0 Å². The number of nitrogens with one attached hydrogen (secondary N) is 1. The van der Waals surface area contributed by atoms with Gasteiger partial charge in [0.1, 0.15) is 0 Å². The Hall–Kier alpha value is -1.52. The topological polar surface area (TPSA) is 24.5 Å². The van der Waals surface area contributed by atoms with Crippen molar-refractivity contribution in [2.45, 2.75) is 6.54 Å². The summed E-state index contributed by atoms with van der Waals surface area (Å²) in [5.74, 6) is 0. The van der Waals surface area contributed by atoms with Crippen molar-refractivity contribution in [2.24, 2.45) is 0 Å². The summed E-state index contributed by atoms with van der Waals surface area (Å²) in [5.41, 5.74) is 3.68. The molecule has 0 aromatic heterocycles. The van der Waals surface area contributed by atoms with Crippen LogP contribution in [0.3, 0.4) is 0 Å². The second kappa shape index (κ2) is 6.96. The molecule has 0 unspecified atom stereocenters. The number of ether oxygens (including phenoxy) is 1. The first-order valence-electron chi connectivity index (χ1n) is 7.23. The molecule has 110 valence electrons. The van der Waals surface area contributed by atoms with Crippen LogP contribution in [0.2, 0.25) is 0 Å². The Bertz CT molecular complexity index is 580. The molecule has 0 amide bonds. The maximum absolute atomic E-state index is 5.39. The number of hydrogen-bond donors (Lipinski definition) is 1. The standard InChI is InChI=1S/C17H19BrN2O/c18-16-3-1-2-4-17(16)19-13-14-5-7-15(8-6-14)20-9-11-21-12-10-20/h1-8,19H,9-13H2. The van der Waals surface area contributed by atoms with E-state index in [1.807, 2.05) is 18.2 Å². The third-order valence-corrected chi connectivity index (χ3v) is 4.36. The molecule has 2 aromatic rings. The van der Waals surface area contributed by atoms with Crippen molar-refractivity contribution in [2.75, 3.05) is 36.5 Å². The molecule has 3 rings (SSSR count). The average molecular weight is 347 g/mol. The van der Waals surface area contributed by atoms with Gasteiger partial charge in [-0.2, -0.15) is 0 Å². The Balaban J connectivity index is 1.60. The van der Waals surface area contributed by atoms with E-state index in [0.29, 0.717) is 0 Å². The van der Waals surface area contributed by atoms with Crippen LogP contribution in [0.25, 0.3) is 0 Å². The molecule has 0 atom stereocenters. The van der Waals surface area contributed by atoms with E-state index in [9.17, 15) is 0 Å². The molecule has 21 heavy (non-hydrogen) atoms. The van der Waals surface area contributed by atoms with E-state index in [2.05, 4.69) is 56.5 Å². The number of halogens is 1. The van der Waals surface area contributed by atoms with Crippen molar-refractivity contribution < 1.29 is 4.74 Å². The number of rotatable bonds is 4. The van der Waals surface area contributed by atoms with Gasteiger partial charge in [0, 0.05) is 35.5 Å². The van der Waals surface area contributed by atoms with Gasteiger partial charge in [-0.05, 0) is 45.8 Å². The fourth-order valence-electron chi connectivity index (χ4n) is 2.45. The number of morpholine rings is 1. The molecule has 1 heterocycles. The smallest absolute Gasteiger partial charge is 0.0642 e. The summed E-state index contributed by atoms with van der Waals surface area (Å²) >= 11 is 3.55. The zero-order valence-electron chi connectivity index (χ0n) is 11.9. The van der Waals surface area contributed by atoms with E-state index in [-0.39, 0.29) is 0 Å². The Morgan fingerprint density at radius 2 is 1.71 bits per heavy atom. The molecule has 1 fully saturated rings. The van der Waals surface area contributed by atoms with Crippen LogP contribution < -0.4 is 10.2 Å². The van der Waals surface area contributed by atoms with Crippen LogP contribution in [0.1, 0.15) is 5.56 Å². The first-order valence-corrected chi connectivity index (χ1v) is 8.02. The maximum Gasteiger partial charge on any atom is 0.0642 e. The summed E-state index contributed by atoms with van der Waals surface area (Å²) < 4.78 is 6.48. The molecular formula is C17H19BrN2O. The van der Waals surface area contributed by atoms with Gasteiger partial charge < -0.3 is 15.0 Å². The summed E-state index contributed by atoms with van der Waals surface area (Å²) in [6, 6.07) is 16.9. The number of hydrogen-bond acceptors (Lipinski definition) is 3. The Labute approximate surface area is 134 Å². The van der Waals surface area contributed by atoms with Crippen LogP contribution in [-0.2, 0) is 11.3 Å². The third-order valence-electron chi connectivity index (χ3n) is 3.67. The first kappa shape index (κ1) is 14.4. The van der Waals surface area contributed by atoms with E-state index >= 15 is 0 Å². The highest BCUT2D eigenvalue weighted by molar-refractivity contribution is 9.10. The van der Waals surface area contributed by atoms with Crippen molar-refractivity contribution in [3.63, 3.8) is 0 Å². The van der Waals surface area contributed by atoms with Gasteiger partial charge in [0.15, 0.2) is 0 Å². The number of para-hydroxylation sites is 1. The summed E-state index contributed by atoms with van der Waals surface area (Å²) in [6.45, 7) is 4.44. The zero-order valence-corrected chi connectivity index (χ0v) is 13.5. The summed E-state index contributed by atoms with van der Waals surface area (Å²) in [4.78, 5) is 2.37. The van der Waals surface area contributed by atoms with E-state index < -0.39 is 0 Å². The Kier molecular flexibility index (Phi) is 4.78. The minimum absolute atomic E-state index is 0.825. The van der Waals surface area contributed by atoms with Crippen LogP contribution in [0.5, 0.6) is 0 Å². The molecule has 1 aliphatic rings. The van der Waals surface area contributed by atoms with Crippen molar-refractivity contribution in [3.8, 4) is 0 Å². The lowest BCUT2D eigenvalue weighted by Crippen LogP contribution is -2.36. The molecule has 2 aromatic carbocycles. The van der Waals surface area contributed by atoms with Gasteiger partial charge in [-0.15, -0.1) is 0 Å². The molecule has 0 spiro atoms. The van der Waals surface area contributed by atoms with Crippen molar-refractivity contribution in [3.05, 3.63) is 58.6 Å². The largest absolute Gasteiger partial charge is 0.380 e. The highest BCUT2D eigenvalue weighted by atomic mass is 79.9. The van der Waals surface area contributed by atoms with E-state index in [4.69, 9.17) is 4.74 Å². The molecule has 0 bridgehead atoms. The van der Waals surface area contributed by atoms with Crippen LogP contribution in [0.15, 0.2) is 53.0 Å². The van der Waals surface area contributed by atoms with E-state index in [1.165, 1.54) is 11.3 Å². The lowest BCUT2D eigenvalue weighted by Gasteiger charge is -2.28. The Morgan fingerprint density at radius 1 is 1.00 bits per heavy atom. The number of nitrogens with zero attached hydrogens (tertiary/aromatic N) is 1. The molecule has 4 heteroatoms. The third kappa shape index (κ3) is 3.77. The molecular weight excluding hydrogens is 328 g/mol. The van der Waals surface area contributed by atoms with Gasteiger partial charge in [0.05, 0.1) is 13.2 Å². The van der Waals surface area contributed by atoms with Crippen molar-refractivity contribution >= 4 is 27.3 Å². The average Bonchev–Trinajstić information content (AvgIpc) is 2.55. The van der Waals surface area contributed by atoms with Gasteiger partial charge in [-0.3, -0.25) is 0 Å². The second-order valence-corrected chi connectivity index (χ2v) is 5.95. The highest BCUT2D eigenvalue weighted by Crippen LogP contribution is 2.22. The molecule has 0 aliphatic carbocycles. The van der Waals surface area contributed by atoms with Crippen LogP contribution >= 0.6 is 15.9 Å². The Morgan fingerprint density at radius 3 is 2.43 bits per heavy atom.